The average Bonchev–Trinajstić information content (AvgIpc) is 2.54. The van der Waals surface area contributed by atoms with Gasteiger partial charge in [0.2, 0.25) is 0 Å². The lowest BCUT2D eigenvalue weighted by atomic mass is 9.95. The van der Waals surface area contributed by atoms with E-state index >= 15 is 0 Å². The van der Waals surface area contributed by atoms with Crippen molar-refractivity contribution in [3.63, 3.8) is 0 Å². The lowest BCUT2D eigenvalue weighted by Gasteiger charge is -2.37. The Morgan fingerprint density at radius 2 is 2.06 bits per heavy atom. The van der Waals surface area contributed by atoms with Gasteiger partial charge in [-0.25, -0.2) is 0 Å². The molecule has 1 unspecified atom stereocenters. The van der Waals surface area contributed by atoms with Crippen molar-refractivity contribution in [3.05, 3.63) is 29.8 Å². The molecule has 0 amide bonds. The zero-order valence-corrected chi connectivity index (χ0v) is 10.5. The largest absolute Gasteiger partial charge is 0.365 e. The van der Waals surface area contributed by atoms with Crippen LogP contribution in [0.1, 0.15) is 32.8 Å². The molecule has 0 aliphatic carbocycles. The van der Waals surface area contributed by atoms with E-state index in [1.165, 1.54) is 11.3 Å². The Labute approximate surface area is 98.4 Å². The third kappa shape index (κ3) is 1.71. The molecule has 2 N–H and O–H groups in total. The Balaban J connectivity index is 2.38. The van der Waals surface area contributed by atoms with Gasteiger partial charge in [0.25, 0.3) is 0 Å². The monoisotopic (exact) mass is 218 g/mol. The minimum absolute atomic E-state index is 0.0747. The van der Waals surface area contributed by atoms with Crippen LogP contribution in [0.2, 0.25) is 0 Å². The second-order valence-electron chi connectivity index (χ2n) is 5.18. The normalized spacial score (nSPS) is 23.8. The van der Waals surface area contributed by atoms with Gasteiger partial charge < -0.3 is 10.6 Å². The van der Waals surface area contributed by atoms with E-state index in [9.17, 15) is 0 Å². The zero-order chi connectivity index (χ0) is 11.8. The topological polar surface area (TPSA) is 29.3 Å². The van der Waals surface area contributed by atoms with Crippen LogP contribution in [0.4, 0.5) is 5.69 Å². The molecule has 0 spiro atoms. The van der Waals surface area contributed by atoms with Crippen LogP contribution in [0.5, 0.6) is 0 Å². The van der Waals surface area contributed by atoms with Crippen LogP contribution in [0.3, 0.4) is 0 Å². The molecule has 0 aromatic heterocycles. The standard InChI is InChI=1S/C14H22N2/c1-4-11-7-5-6-8-12(11)16-10-9-13(15)14(16,2)3/h5-8,13H,4,9-10,15H2,1-3H3. The summed E-state index contributed by atoms with van der Waals surface area (Å²) in [5, 5.41) is 0. The fourth-order valence-electron chi connectivity index (χ4n) is 2.61. The molecule has 2 rings (SSSR count). The molecule has 1 aliphatic heterocycles. The van der Waals surface area contributed by atoms with Crippen LogP contribution in [-0.2, 0) is 6.42 Å². The lowest BCUT2D eigenvalue weighted by molar-refractivity contribution is 0.453. The van der Waals surface area contributed by atoms with Crippen LogP contribution in [-0.4, -0.2) is 18.1 Å². The first-order valence-electron chi connectivity index (χ1n) is 6.18. The van der Waals surface area contributed by atoms with Gasteiger partial charge in [-0.1, -0.05) is 25.1 Å². The maximum absolute atomic E-state index is 6.19. The van der Waals surface area contributed by atoms with Gasteiger partial charge in [0, 0.05) is 23.8 Å². The summed E-state index contributed by atoms with van der Waals surface area (Å²) < 4.78 is 0. The average molecular weight is 218 g/mol. The van der Waals surface area contributed by atoms with E-state index in [2.05, 4.69) is 49.9 Å². The van der Waals surface area contributed by atoms with E-state index < -0.39 is 0 Å². The summed E-state index contributed by atoms with van der Waals surface area (Å²) in [5.41, 5.74) is 9.05. The molecule has 1 aromatic rings. The van der Waals surface area contributed by atoms with Crippen molar-refractivity contribution >= 4 is 5.69 Å². The van der Waals surface area contributed by atoms with E-state index in [4.69, 9.17) is 5.73 Å². The highest BCUT2D eigenvalue weighted by atomic mass is 15.2. The molecular formula is C14H22N2. The fraction of sp³-hybridized carbons (Fsp3) is 0.571. The molecule has 1 aliphatic rings. The van der Waals surface area contributed by atoms with Crippen molar-refractivity contribution in [1.82, 2.24) is 0 Å². The number of nitrogens with two attached hydrogens (primary N) is 1. The number of benzene rings is 1. The number of rotatable bonds is 2. The molecular weight excluding hydrogens is 196 g/mol. The Morgan fingerprint density at radius 1 is 1.38 bits per heavy atom. The molecule has 1 atom stereocenters. The summed E-state index contributed by atoms with van der Waals surface area (Å²) in [6.07, 6.45) is 2.17. The molecule has 0 saturated carbocycles. The Kier molecular flexibility index (Phi) is 2.94. The molecule has 2 nitrogen and oxygen atoms in total. The van der Waals surface area contributed by atoms with Crippen molar-refractivity contribution in [2.24, 2.45) is 5.73 Å². The number of anilines is 1. The summed E-state index contributed by atoms with van der Waals surface area (Å²) in [6.45, 7) is 7.78. The van der Waals surface area contributed by atoms with Crippen molar-refractivity contribution in [2.75, 3.05) is 11.4 Å². The van der Waals surface area contributed by atoms with Crippen molar-refractivity contribution in [1.29, 1.82) is 0 Å². The van der Waals surface area contributed by atoms with Crippen LogP contribution >= 0.6 is 0 Å². The van der Waals surface area contributed by atoms with E-state index in [0.717, 1.165) is 19.4 Å². The third-order valence-corrected chi connectivity index (χ3v) is 3.93. The Bertz CT molecular complexity index is 371. The summed E-state index contributed by atoms with van der Waals surface area (Å²) in [5.74, 6) is 0. The molecule has 16 heavy (non-hydrogen) atoms. The zero-order valence-electron chi connectivity index (χ0n) is 10.5. The summed E-state index contributed by atoms with van der Waals surface area (Å²) in [6, 6.07) is 8.95. The van der Waals surface area contributed by atoms with Crippen LogP contribution in [0.15, 0.2) is 24.3 Å². The number of aryl methyl sites for hydroxylation is 1. The molecule has 88 valence electrons. The first kappa shape index (κ1) is 11.5. The summed E-state index contributed by atoms with van der Waals surface area (Å²) in [4.78, 5) is 2.47. The first-order valence-corrected chi connectivity index (χ1v) is 6.18. The third-order valence-electron chi connectivity index (χ3n) is 3.93. The van der Waals surface area contributed by atoms with Gasteiger partial charge in [0.1, 0.15) is 0 Å². The van der Waals surface area contributed by atoms with Gasteiger partial charge in [0.05, 0.1) is 0 Å². The highest BCUT2D eigenvalue weighted by Gasteiger charge is 2.39. The number of para-hydroxylation sites is 1. The minimum atomic E-state index is 0.0747. The predicted octanol–water partition coefficient (Wildman–Crippen LogP) is 2.57. The lowest BCUT2D eigenvalue weighted by Crippen LogP contribution is -2.49. The van der Waals surface area contributed by atoms with Crippen LogP contribution in [0.25, 0.3) is 0 Å². The number of hydrogen-bond donors (Lipinski definition) is 1. The maximum Gasteiger partial charge on any atom is 0.0497 e. The molecule has 1 fully saturated rings. The molecule has 0 bridgehead atoms. The molecule has 2 heteroatoms. The summed E-state index contributed by atoms with van der Waals surface area (Å²) >= 11 is 0. The van der Waals surface area contributed by atoms with Gasteiger partial charge >= 0.3 is 0 Å². The predicted molar refractivity (Wildman–Crippen MR) is 69.8 cm³/mol. The van der Waals surface area contributed by atoms with E-state index in [1.807, 2.05) is 0 Å². The Morgan fingerprint density at radius 3 is 2.62 bits per heavy atom. The van der Waals surface area contributed by atoms with Crippen molar-refractivity contribution < 1.29 is 0 Å². The summed E-state index contributed by atoms with van der Waals surface area (Å²) in [7, 11) is 0. The maximum atomic E-state index is 6.19. The van der Waals surface area contributed by atoms with Gasteiger partial charge in [-0.3, -0.25) is 0 Å². The Hall–Kier alpha value is -1.02. The van der Waals surface area contributed by atoms with E-state index in [-0.39, 0.29) is 11.6 Å². The van der Waals surface area contributed by atoms with Gasteiger partial charge in [-0.05, 0) is 38.3 Å². The van der Waals surface area contributed by atoms with Crippen molar-refractivity contribution in [2.45, 2.75) is 45.2 Å². The number of nitrogens with zero attached hydrogens (tertiary/aromatic N) is 1. The van der Waals surface area contributed by atoms with Gasteiger partial charge in [-0.15, -0.1) is 0 Å². The first-order chi connectivity index (χ1) is 7.57. The quantitative estimate of drug-likeness (QED) is 0.826. The molecule has 1 saturated heterocycles. The SMILES string of the molecule is CCc1ccccc1N1CCC(N)C1(C)C. The molecule has 1 aromatic carbocycles. The smallest absolute Gasteiger partial charge is 0.0497 e. The second kappa shape index (κ2) is 4.10. The van der Waals surface area contributed by atoms with Gasteiger partial charge in [0.15, 0.2) is 0 Å². The molecule has 0 radical (unpaired) electrons. The second-order valence-corrected chi connectivity index (χ2v) is 5.18. The van der Waals surface area contributed by atoms with Crippen LogP contribution in [0, 0.1) is 0 Å². The van der Waals surface area contributed by atoms with Crippen molar-refractivity contribution in [3.8, 4) is 0 Å². The van der Waals surface area contributed by atoms with Gasteiger partial charge in [-0.2, -0.15) is 0 Å². The van der Waals surface area contributed by atoms with E-state index in [1.54, 1.807) is 0 Å². The highest BCUT2D eigenvalue weighted by Crippen LogP contribution is 2.34. The van der Waals surface area contributed by atoms with Crippen LogP contribution < -0.4 is 10.6 Å². The highest BCUT2D eigenvalue weighted by molar-refractivity contribution is 5.57. The molecule has 1 heterocycles. The minimum Gasteiger partial charge on any atom is -0.365 e. The number of hydrogen-bond acceptors (Lipinski definition) is 2. The van der Waals surface area contributed by atoms with E-state index in [0.29, 0.717) is 0 Å². The fourth-order valence-corrected chi connectivity index (χ4v) is 2.61.